The average Bonchev–Trinajstić information content (AvgIpc) is 2.80. The number of benzene rings is 1. The van der Waals surface area contributed by atoms with E-state index in [1.54, 1.807) is 4.57 Å². The van der Waals surface area contributed by atoms with Gasteiger partial charge in [0.15, 0.2) is 0 Å². The van der Waals surface area contributed by atoms with E-state index >= 15 is 0 Å². The van der Waals surface area contributed by atoms with Crippen molar-refractivity contribution in [2.45, 2.75) is 33.1 Å². The smallest absolute Gasteiger partial charge is 0.231 e. The Labute approximate surface area is 131 Å². The van der Waals surface area contributed by atoms with Crippen LogP contribution in [0.25, 0.3) is 10.9 Å². The van der Waals surface area contributed by atoms with Crippen LogP contribution in [0, 0.1) is 6.92 Å². The quantitative estimate of drug-likeness (QED) is 0.823. The second-order valence-electron chi connectivity index (χ2n) is 6.19. The van der Waals surface area contributed by atoms with Gasteiger partial charge in [-0.15, -0.1) is 0 Å². The number of carbonyl (C=O) groups excluding carboxylic acids is 2. The van der Waals surface area contributed by atoms with E-state index in [-0.39, 0.29) is 18.1 Å². The van der Waals surface area contributed by atoms with Crippen molar-refractivity contribution in [2.75, 3.05) is 20.6 Å². The summed E-state index contributed by atoms with van der Waals surface area (Å²) < 4.78 is 1.71. The number of hydrogen-bond donors (Lipinski definition) is 0. The lowest BCUT2D eigenvalue weighted by molar-refractivity contribution is -0.117. The number of nitrogens with zero attached hydrogens (tertiary/aromatic N) is 2. The molecule has 1 aromatic carbocycles. The number of fused-ring (bicyclic) bond motifs is 1. The molecule has 0 spiro atoms. The first-order valence-electron chi connectivity index (χ1n) is 7.66. The lowest BCUT2D eigenvalue weighted by Crippen LogP contribution is -2.15. The van der Waals surface area contributed by atoms with Crippen molar-refractivity contribution in [3.05, 3.63) is 35.5 Å². The number of hydrogen-bond acceptors (Lipinski definition) is 3. The molecule has 118 valence electrons. The van der Waals surface area contributed by atoms with Gasteiger partial charge in [-0.25, -0.2) is 0 Å². The van der Waals surface area contributed by atoms with Gasteiger partial charge in [-0.2, -0.15) is 0 Å². The molecule has 0 unspecified atom stereocenters. The number of rotatable bonds is 6. The lowest BCUT2D eigenvalue weighted by atomic mass is 10.1. The molecule has 2 rings (SSSR count). The zero-order valence-corrected chi connectivity index (χ0v) is 13.8. The van der Waals surface area contributed by atoms with Crippen molar-refractivity contribution >= 4 is 22.6 Å². The highest BCUT2D eigenvalue weighted by Gasteiger charge is 2.14. The van der Waals surface area contributed by atoms with Gasteiger partial charge in [0.2, 0.25) is 5.91 Å². The molecule has 0 aliphatic heterocycles. The molecule has 1 aromatic heterocycles. The van der Waals surface area contributed by atoms with Crippen LogP contribution >= 0.6 is 0 Å². The van der Waals surface area contributed by atoms with Crippen LogP contribution in [0.5, 0.6) is 0 Å². The van der Waals surface area contributed by atoms with Crippen molar-refractivity contribution < 1.29 is 9.59 Å². The van der Waals surface area contributed by atoms with Gasteiger partial charge in [0, 0.05) is 31.0 Å². The van der Waals surface area contributed by atoms with Gasteiger partial charge in [-0.05, 0) is 52.1 Å². The summed E-state index contributed by atoms with van der Waals surface area (Å²) in [5.74, 6) is 0.0358. The molecule has 4 heteroatoms. The van der Waals surface area contributed by atoms with Crippen molar-refractivity contribution in [1.82, 2.24) is 9.47 Å². The van der Waals surface area contributed by atoms with Crippen LogP contribution in [0.15, 0.2) is 24.4 Å². The van der Waals surface area contributed by atoms with E-state index in [1.165, 1.54) is 18.1 Å². The highest BCUT2D eigenvalue weighted by molar-refractivity contribution is 5.96. The molecule has 4 nitrogen and oxygen atoms in total. The van der Waals surface area contributed by atoms with Crippen LogP contribution in [0.4, 0.5) is 0 Å². The third-order valence-electron chi connectivity index (χ3n) is 3.83. The molecule has 0 amide bonds. The SMILES string of the molecule is CC(=O)CCC(=O)n1cc(CCN(C)C)c2cc(C)ccc21. The van der Waals surface area contributed by atoms with Crippen LogP contribution < -0.4 is 0 Å². The topological polar surface area (TPSA) is 42.3 Å². The van der Waals surface area contributed by atoms with Crippen LogP contribution in [-0.2, 0) is 11.2 Å². The summed E-state index contributed by atoms with van der Waals surface area (Å²) in [4.78, 5) is 25.6. The highest BCUT2D eigenvalue weighted by Crippen LogP contribution is 2.24. The number of likely N-dealkylation sites (N-methyl/N-ethyl adjacent to an activating group) is 1. The number of Topliss-reactive ketones (excluding diaryl/α,β-unsaturated/α-hetero) is 1. The minimum atomic E-state index is -0.0137. The summed E-state index contributed by atoms with van der Waals surface area (Å²) in [5.41, 5.74) is 3.31. The second-order valence-corrected chi connectivity index (χ2v) is 6.19. The van der Waals surface area contributed by atoms with E-state index in [9.17, 15) is 9.59 Å². The maximum absolute atomic E-state index is 12.4. The molecule has 1 heterocycles. The van der Waals surface area contributed by atoms with Crippen molar-refractivity contribution in [3.8, 4) is 0 Å². The summed E-state index contributed by atoms with van der Waals surface area (Å²) >= 11 is 0. The highest BCUT2D eigenvalue weighted by atomic mass is 16.2. The summed E-state index contributed by atoms with van der Waals surface area (Å²) in [6, 6.07) is 6.15. The first-order chi connectivity index (χ1) is 10.4. The van der Waals surface area contributed by atoms with E-state index in [1.807, 2.05) is 32.4 Å². The fourth-order valence-corrected chi connectivity index (χ4v) is 2.57. The minimum absolute atomic E-state index is 0.0137. The molecule has 0 N–H and O–H groups in total. The Morgan fingerprint density at radius 1 is 1.18 bits per heavy atom. The molecular formula is C18H24N2O2. The molecular weight excluding hydrogens is 276 g/mol. The van der Waals surface area contributed by atoms with E-state index in [0.29, 0.717) is 6.42 Å². The van der Waals surface area contributed by atoms with Crippen molar-refractivity contribution in [1.29, 1.82) is 0 Å². The van der Waals surface area contributed by atoms with Gasteiger partial charge in [0.1, 0.15) is 5.78 Å². The zero-order valence-electron chi connectivity index (χ0n) is 13.8. The van der Waals surface area contributed by atoms with E-state index in [0.717, 1.165) is 23.9 Å². The van der Waals surface area contributed by atoms with Gasteiger partial charge >= 0.3 is 0 Å². The Bertz CT molecular complexity index is 698. The van der Waals surface area contributed by atoms with Crippen LogP contribution in [0.2, 0.25) is 0 Å². The molecule has 0 saturated heterocycles. The predicted octanol–water partition coefficient (Wildman–Crippen LogP) is 3.06. The van der Waals surface area contributed by atoms with Gasteiger partial charge in [-0.1, -0.05) is 11.6 Å². The Morgan fingerprint density at radius 2 is 1.91 bits per heavy atom. The Kier molecular flexibility index (Phi) is 5.14. The lowest BCUT2D eigenvalue weighted by Gasteiger charge is -2.08. The van der Waals surface area contributed by atoms with Crippen LogP contribution in [-0.4, -0.2) is 41.8 Å². The zero-order chi connectivity index (χ0) is 16.3. The average molecular weight is 300 g/mol. The molecule has 0 aliphatic rings. The maximum Gasteiger partial charge on any atom is 0.231 e. The van der Waals surface area contributed by atoms with Gasteiger partial charge < -0.3 is 9.69 Å². The molecule has 0 atom stereocenters. The predicted molar refractivity (Wildman–Crippen MR) is 89.5 cm³/mol. The minimum Gasteiger partial charge on any atom is -0.309 e. The third-order valence-corrected chi connectivity index (χ3v) is 3.83. The molecule has 0 bridgehead atoms. The number of ketones is 1. The third kappa shape index (κ3) is 3.83. The van der Waals surface area contributed by atoms with Crippen molar-refractivity contribution in [3.63, 3.8) is 0 Å². The first kappa shape index (κ1) is 16.4. The summed E-state index contributed by atoms with van der Waals surface area (Å²) in [6.07, 6.45) is 3.41. The second kappa shape index (κ2) is 6.88. The standard InChI is InChI=1S/C18H24N2O2/c1-13-5-7-17-16(11-13)15(9-10-19(3)4)12-20(17)18(22)8-6-14(2)21/h5,7,11-12H,6,8-10H2,1-4H3. The first-order valence-corrected chi connectivity index (χ1v) is 7.66. The van der Waals surface area contributed by atoms with Gasteiger partial charge in [-0.3, -0.25) is 9.36 Å². The number of aryl methyl sites for hydroxylation is 1. The van der Waals surface area contributed by atoms with Crippen LogP contribution in [0.3, 0.4) is 0 Å². The molecule has 2 aromatic rings. The van der Waals surface area contributed by atoms with E-state index in [2.05, 4.69) is 17.9 Å². The molecule has 0 saturated carbocycles. The Balaban J connectivity index is 2.37. The number of aromatic nitrogens is 1. The summed E-state index contributed by atoms with van der Waals surface area (Å²) in [5, 5.41) is 1.14. The fraction of sp³-hybridized carbons (Fsp3) is 0.444. The summed E-state index contributed by atoms with van der Waals surface area (Å²) in [7, 11) is 4.09. The summed E-state index contributed by atoms with van der Waals surface area (Å²) in [6.45, 7) is 4.52. The molecule has 0 radical (unpaired) electrons. The normalized spacial score (nSPS) is 11.3. The van der Waals surface area contributed by atoms with E-state index < -0.39 is 0 Å². The van der Waals surface area contributed by atoms with Gasteiger partial charge in [0.05, 0.1) is 5.52 Å². The molecule has 22 heavy (non-hydrogen) atoms. The molecule has 0 fully saturated rings. The van der Waals surface area contributed by atoms with Crippen LogP contribution in [0.1, 0.15) is 35.7 Å². The maximum atomic E-state index is 12.4. The number of carbonyl (C=O) groups is 2. The Morgan fingerprint density at radius 3 is 2.55 bits per heavy atom. The van der Waals surface area contributed by atoms with Crippen molar-refractivity contribution in [2.24, 2.45) is 0 Å². The largest absolute Gasteiger partial charge is 0.309 e. The van der Waals surface area contributed by atoms with E-state index in [4.69, 9.17) is 0 Å². The van der Waals surface area contributed by atoms with Gasteiger partial charge in [0.25, 0.3) is 0 Å². The fourth-order valence-electron chi connectivity index (χ4n) is 2.57. The monoisotopic (exact) mass is 300 g/mol. The Hall–Kier alpha value is -1.94. The molecule has 0 aliphatic carbocycles.